The average molecular weight is 727 g/mol. The predicted molar refractivity (Wildman–Crippen MR) is 165 cm³/mol. The molecule has 3 aliphatic rings. The lowest BCUT2D eigenvalue weighted by molar-refractivity contribution is -0.342. The third-order valence-electron chi connectivity index (χ3n) is 9.03. The zero-order valence-electron chi connectivity index (χ0n) is 26.7. The molecule has 0 aliphatic carbocycles. The third kappa shape index (κ3) is 6.97. The van der Waals surface area contributed by atoms with E-state index in [1.54, 1.807) is 0 Å². The van der Waals surface area contributed by atoms with Crippen molar-refractivity contribution >= 4 is 11.0 Å². The number of ether oxygens (including phenoxy) is 6. The minimum Gasteiger partial charge on any atom is -0.508 e. The Morgan fingerprint density at radius 3 is 2.22 bits per heavy atom. The van der Waals surface area contributed by atoms with Crippen molar-refractivity contribution in [1.29, 1.82) is 0 Å². The van der Waals surface area contributed by atoms with Gasteiger partial charge in [0.25, 0.3) is 0 Å². The second-order valence-electron chi connectivity index (χ2n) is 12.6. The lowest BCUT2D eigenvalue weighted by Crippen LogP contribution is -2.62. The number of aromatic hydroxyl groups is 3. The van der Waals surface area contributed by atoms with E-state index in [0.29, 0.717) is 0 Å². The van der Waals surface area contributed by atoms with E-state index in [0.717, 1.165) is 12.1 Å². The van der Waals surface area contributed by atoms with Gasteiger partial charge in [0.15, 0.2) is 18.3 Å². The standard InChI is InChI=1S/C32H38O19/c1-11-19(37)23(41)27(51-31-28(43)32(44,9-33)10-46-31)30(47-11)45-8-17-20(38)22(40)24(42)29(49-17)50-26-21(39)18-15(36)6-14(35)7-16(18)48-25(26)12-2-4-13(34)5-3-12/h2-7,11,17,19-20,22-24,27-31,33-38,40-44H,8-10H2,1H3. The highest BCUT2D eigenvalue weighted by Gasteiger charge is 2.53. The lowest BCUT2D eigenvalue weighted by Gasteiger charge is -2.44. The third-order valence-corrected chi connectivity index (χ3v) is 9.03. The number of benzene rings is 2. The van der Waals surface area contributed by atoms with Gasteiger partial charge in [-0.2, -0.15) is 0 Å². The van der Waals surface area contributed by atoms with Crippen molar-refractivity contribution in [2.45, 2.75) is 86.3 Å². The Morgan fingerprint density at radius 2 is 1.55 bits per heavy atom. The van der Waals surface area contributed by atoms with Crippen LogP contribution in [-0.4, -0.2) is 155 Å². The lowest BCUT2D eigenvalue weighted by atomic mass is 9.98. The van der Waals surface area contributed by atoms with Crippen LogP contribution in [0.2, 0.25) is 0 Å². The fraction of sp³-hybridized carbons (Fsp3) is 0.531. The van der Waals surface area contributed by atoms with Crippen LogP contribution in [0.4, 0.5) is 0 Å². The number of aliphatic hydroxyl groups is 8. The van der Waals surface area contributed by atoms with Crippen LogP contribution < -0.4 is 10.2 Å². The fourth-order valence-corrected chi connectivity index (χ4v) is 5.98. The topological polar surface area (TPSA) is 308 Å². The summed E-state index contributed by atoms with van der Waals surface area (Å²) in [5.74, 6) is -2.15. The highest BCUT2D eigenvalue weighted by atomic mass is 16.8. The van der Waals surface area contributed by atoms with Crippen LogP contribution in [0.5, 0.6) is 23.0 Å². The molecular formula is C32H38O19. The summed E-state index contributed by atoms with van der Waals surface area (Å²) in [6.45, 7) is -0.675. The van der Waals surface area contributed by atoms with Crippen molar-refractivity contribution in [2.24, 2.45) is 0 Å². The number of rotatable bonds is 9. The molecule has 19 nitrogen and oxygen atoms in total. The molecule has 13 atom stereocenters. The maximum absolute atomic E-state index is 13.7. The van der Waals surface area contributed by atoms with E-state index in [1.807, 2.05) is 0 Å². The summed E-state index contributed by atoms with van der Waals surface area (Å²) in [5, 5.41) is 114. The van der Waals surface area contributed by atoms with Gasteiger partial charge in [0.2, 0.25) is 17.5 Å². The second-order valence-corrected chi connectivity index (χ2v) is 12.6. The van der Waals surface area contributed by atoms with E-state index < -0.39 is 127 Å². The molecule has 0 spiro atoms. The molecule has 3 saturated heterocycles. The van der Waals surface area contributed by atoms with E-state index in [9.17, 15) is 61.0 Å². The summed E-state index contributed by atoms with van der Waals surface area (Å²) >= 11 is 0. The number of fused-ring (bicyclic) bond motifs is 1. The summed E-state index contributed by atoms with van der Waals surface area (Å²) in [5.41, 5.74) is -3.14. The average Bonchev–Trinajstić information content (AvgIpc) is 3.38. The largest absolute Gasteiger partial charge is 0.508 e. The van der Waals surface area contributed by atoms with Crippen molar-refractivity contribution < 1.29 is 89.0 Å². The first-order valence-electron chi connectivity index (χ1n) is 15.7. The summed E-state index contributed by atoms with van der Waals surface area (Å²) in [6.07, 6.45) is -20.1. The number of hydrogen-bond donors (Lipinski definition) is 11. The van der Waals surface area contributed by atoms with Gasteiger partial charge in [0.1, 0.15) is 82.7 Å². The Labute approximate surface area is 287 Å². The summed E-state index contributed by atoms with van der Waals surface area (Å²) in [4.78, 5) is 13.7. The van der Waals surface area contributed by atoms with E-state index in [1.165, 1.54) is 31.2 Å². The van der Waals surface area contributed by atoms with Gasteiger partial charge >= 0.3 is 0 Å². The van der Waals surface area contributed by atoms with Crippen LogP contribution in [0.3, 0.4) is 0 Å². The molecule has 2 aromatic carbocycles. The second kappa shape index (κ2) is 14.4. The summed E-state index contributed by atoms with van der Waals surface area (Å²) < 4.78 is 39.6. The van der Waals surface area contributed by atoms with E-state index in [2.05, 4.69) is 0 Å². The molecule has 6 rings (SSSR count). The fourth-order valence-electron chi connectivity index (χ4n) is 5.98. The molecule has 0 bridgehead atoms. The van der Waals surface area contributed by atoms with Crippen molar-refractivity contribution in [2.75, 3.05) is 19.8 Å². The van der Waals surface area contributed by atoms with Crippen molar-refractivity contribution in [3.63, 3.8) is 0 Å². The molecule has 3 aliphatic heterocycles. The van der Waals surface area contributed by atoms with Gasteiger partial charge < -0.3 is 89.0 Å². The number of phenols is 3. The smallest absolute Gasteiger partial charge is 0.239 e. The maximum atomic E-state index is 13.7. The van der Waals surface area contributed by atoms with Crippen molar-refractivity contribution in [3.05, 3.63) is 46.6 Å². The molecule has 280 valence electrons. The molecule has 1 aromatic heterocycles. The van der Waals surface area contributed by atoms with Crippen LogP contribution in [0.1, 0.15) is 6.92 Å². The minimum atomic E-state index is -2.08. The zero-order valence-corrected chi connectivity index (χ0v) is 26.7. The SMILES string of the molecule is CC1OC(OCC2OC(Oc3c(-c4ccc(O)cc4)oc4cc(O)cc(O)c4c3=O)C(O)C(O)C2O)C(OC2OCC(O)(CO)C2O)C(O)C1O. The molecule has 4 heterocycles. The highest BCUT2D eigenvalue weighted by molar-refractivity contribution is 5.88. The predicted octanol–water partition coefficient (Wildman–Crippen LogP) is -2.93. The molecule has 3 aromatic rings. The first kappa shape index (κ1) is 37.1. The molecular weight excluding hydrogens is 688 g/mol. The Bertz CT molecular complexity index is 1750. The van der Waals surface area contributed by atoms with E-state index in [-0.39, 0.29) is 22.7 Å². The Morgan fingerprint density at radius 1 is 0.843 bits per heavy atom. The van der Waals surface area contributed by atoms with Gasteiger partial charge in [-0.25, -0.2) is 0 Å². The number of aliphatic hydroxyl groups excluding tert-OH is 7. The highest BCUT2D eigenvalue weighted by Crippen LogP contribution is 2.38. The molecule has 13 unspecified atom stereocenters. The molecule has 19 heteroatoms. The van der Waals surface area contributed by atoms with Crippen LogP contribution in [0.25, 0.3) is 22.3 Å². The number of hydrogen-bond acceptors (Lipinski definition) is 19. The van der Waals surface area contributed by atoms with Gasteiger partial charge in [0.05, 0.1) is 25.9 Å². The van der Waals surface area contributed by atoms with Crippen LogP contribution in [-0.2, 0) is 23.7 Å². The van der Waals surface area contributed by atoms with E-state index >= 15 is 0 Å². The first-order chi connectivity index (χ1) is 24.1. The Kier molecular flexibility index (Phi) is 10.5. The molecule has 0 saturated carbocycles. The van der Waals surface area contributed by atoms with Gasteiger partial charge in [-0.15, -0.1) is 0 Å². The van der Waals surface area contributed by atoms with Crippen LogP contribution in [0, 0.1) is 0 Å². The minimum absolute atomic E-state index is 0.129. The maximum Gasteiger partial charge on any atom is 0.239 e. The van der Waals surface area contributed by atoms with Crippen molar-refractivity contribution in [3.8, 4) is 34.3 Å². The normalized spacial score (nSPS) is 37.1. The summed E-state index contributed by atoms with van der Waals surface area (Å²) in [6, 6.07) is 7.22. The molecule has 51 heavy (non-hydrogen) atoms. The van der Waals surface area contributed by atoms with Crippen LogP contribution in [0.15, 0.2) is 45.6 Å². The molecule has 0 amide bonds. The van der Waals surface area contributed by atoms with E-state index in [4.69, 9.17) is 32.8 Å². The van der Waals surface area contributed by atoms with Gasteiger partial charge in [-0.05, 0) is 31.2 Å². The molecule has 3 fully saturated rings. The first-order valence-corrected chi connectivity index (χ1v) is 15.7. The monoisotopic (exact) mass is 726 g/mol. The van der Waals surface area contributed by atoms with Gasteiger partial charge in [-0.3, -0.25) is 4.79 Å². The summed E-state index contributed by atoms with van der Waals surface area (Å²) in [7, 11) is 0. The Balaban J connectivity index is 1.26. The number of phenolic OH excluding ortho intramolecular Hbond substituents is 3. The van der Waals surface area contributed by atoms with Gasteiger partial charge in [-0.1, -0.05) is 0 Å². The molecule has 0 radical (unpaired) electrons. The quantitative estimate of drug-likeness (QED) is 0.105. The zero-order chi connectivity index (χ0) is 36.9. The Hall–Kier alpha value is -3.67. The van der Waals surface area contributed by atoms with Crippen LogP contribution >= 0.6 is 0 Å². The van der Waals surface area contributed by atoms with Crippen molar-refractivity contribution in [1.82, 2.24) is 0 Å². The van der Waals surface area contributed by atoms with Gasteiger partial charge in [0, 0.05) is 17.7 Å². The molecule has 11 N–H and O–H groups in total.